The topological polar surface area (TPSA) is 110 Å². The van der Waals surface area contributed by atoms with E-state index in [0.717, 1.165) is 0 Å². The number of H-pyrrole nitrogens is 1. The van der Waals surface area contributed by atoms with Gasteiger partial charge in [-0.2, -0.15) is 0 Å². The van der Waals surface area contributed by atoms with Crippen LogP contribution in [-0.4, -0.2) is 40.6 Å². The lowest BCUT2D eigenvalue weighted by molar-refractivity contribution is -0.110. The average Bonchev–Trinajstić information content (AvgIpc) is 3.05. The van der Waals surface area contributed by atoms with Crippen LogP contribution >= 0.6 is 0 Å². The molecule has 0 saturated heterocycles. The van der Waals surface area contributed by atoms with Crippen molar-refractivity contribution in [3.05, 3.63) is 24.0 Å². The number of nitrogens with zero attached hydrogens (tertiary/aromatic N) is 2. The first-order valence-corrected chi connectivity index (χ1v) is 5.66. The molecule has 0 bridgehead atoms. The summed E-state index contributed by atoms with van der Waals surface area (Å²) in [4.78, 5) is 34.4. The van der Waals surface area contributed by atoms with Gasteiger partial charge in [-0.05, 0) is 18.2 Å². The Morgan fingerprint density at radius 3 is 2.89 bits per heavy atom. The number of aromatic nitrogens is 2. The fourth-order valence-corrected chi connectivity index (χ4v) is 1.81. The van der Waals surface area contributed by atoms with E-state index < -0.39 is 11.6 Å². The Balaban J connectivity index is 1.95. The summed E-state index contributed by atoms with van der Waals surface area (Å²) < 4.78 is 4.97. The van der Waals surface area contributed by atoms with Crippen LogP contribution in [0, 0.1) is 0 Å². The van der Waals surface area contributed by atoms with Gasteiger partial charge in [-0.1, -0.05) is 0 Å². The van der Waals surface area contributed by atoms with E-state index in [-0.39, 0.29) is 11.7 Å². The Morgan fingerprint density at radius 1 is 1.32 bits per heavy atom. The third-order valence-electron chi connectivity index (χ3n) is 2.71. The average molecular weight is 258 g/mol. The van der Waals surface area contributed by atoms with E-state index >= 15 is 0 Å². The fraction of sp³-hybridized carbons (Fsp3) is 0.167. The standard InChI is InChI=1S/C12H10N4O3/c13-6-1-2-7-8(5-6)16-11(15-7)9(17)10(18)12-14-3-4-19-12/h1-2,5H,3-4,13H2,(H,15,16). The Labute approximate surface area is 107 Å². The van der Waals surface area contributed by atoms with Crippen molar-refractivity contribution in [3.8, 4) is 0 Å². The van der Waals surface area contributed by atoms with E-state index in [1.165, 1.54) is 0 Å². The second-order valence-electron chi connectivity index (χ2n) is 4.06. The van der Waals surface area contributed by atoms with Crippen LogP contribution < -0.4 is 5.73 Å². The summed E-state index contributed by atoms with van der Waals surface area (Å²) >= 11 is 0. The molecule has 1 aliphatic rings. The molecule has 1 aromatic carbocycles. The number of nitrogen functional groups attached to an aromatic ring is 1. The molecule has 0 atom stereocenters. The zero-order chi connectivity index (χ0) is 13.4. The highest BCUT2D eigenvalue weighted by atomic mass is 16.5. The second kappa shape index (κ2) is 4.20. The molecule has 0 saturated carbocycles. The van der Waals surface area contributed by atoms with Crippen molar-refractivity contribution in [2.75, 3.05) is 18.9 Å². The molecule has 2 aromatic rings. The third kappa shape index (κ3) is 1.95. The first kappa shape index (κ1) is 11.4. The fourth-order valence-electron chi connectivity index (χ4n) is 1.81. The number of ketones is 2. The number of Topliss-reactive ketones (excluding diaryl/α,β-unsaturated/α-hetero) is 2. The minimum atomic E-state index is -0.787. The van der Waals surface area contributed by atoms with Crippen LogP contribution in [0.2, 0.25) is 0 Å². The van der Waals surface area contributed by atoms with Crippen molar-refractivity contribution in [1.82, 2.24) is 9.97 Å². The maximum Gasteiger partial charge on any atom is 0.290 e. The number of benzene rings is 1. The number of nitrogens with two attached hydrogens (primary N) is 1. The van der Waals surface area contributed by atoms with Gasteiger partial charge in [0, 0.05) is 5.69 Å². The highest BCUT2D eigenvalue weighted by Gasteiger charge is 2.28. The highest BCUT2D eigenvalue weighted by Crippen LogP contribution is 2.15. The molecule has 3 N–H and O–H groups in total. The van der Waals surface area contributed by atoms with Crippen molar-refractivity contribution >= 4 is 34.2 Å². The molecule has 0 aliphatic carbocycles. The number of nitrogens with one attached hydrogen (secondary N) is 1. The van der Waals surface area contributed by atoms with Crippen molar-refractivity contribution in [1.29, 1.82) is 0 Å². The molecule has 7 heteroatoms. The van der Waals surface area contributed by atoms with Gasteiger partial charge in [-0.3, -0.25) is 9.59 Å². The number of fused-ring (bicyclic) bond motifs is 1. The molecule has 96 valence electrons. The van der Waals surface area contributed by atoms with Crippen molar-refractivity contribution in [2.45, 2.75) is 0 Å². The highest BCUT2D eigenvalue weighted by molar-refractivity contribution is 6.66. The minimum absolute atomic E-state index is 0.0381. The maximum atomic E-state index is 12.0. The summed E-state index contributed by atoms with van der Waals surface area (Å²) in [5.74, 6) is -1.74. The van der Waals surface area contributed by atoms with Gasteiger partial charge in [0.1, 0.15) is 6.61 Å². The number of imidazole rings is 1. The molecule has 0 spiro atoms. The lowest BCUT2D eigenvalue weighted by Crippen LogP contribution is -2.25. The van der Waals surface area contributed by atoms with Crippen molar-refractivity contribution < 1.29 is 14.3 Å². The number of ether oxygens (including phenoxy) is 1. The largest absolute Gasteiger partial charge is 0.473 e. The summed E-state index contributed by atoms with van der Waals surface area (Å²) in [6, 6.07) is 4.99. The number of hydrogen-bond donors (Lipinski definition) is 2. The first-order chi connectivity index (χ1) is 9.15. The molecule has 2 heterocycles. The van der Waals surface area contributed by atoms with E-state index in [4.69, 9.17) is 10.5 Å². The lowest BCUT2D eigenvalue weighted by Gasteiger charge is -1.97. The molecule has 0 fully saturated rings. The van der Waals surface area contributed by atoms with Crippen LogP contribution in [0.1, 0.15) is 10.6 Å². The molecular weight excluding hydrogens is 248 g/mol. The summed E-state index contributed by atoms with van der Waals surface area (Å²) in [6.07, 6.45) is 0. The summed E-state index contributed by atoms with van der Waals surface area (Å²) in [5, 5.41) is 0. The number of aromatic amines is 1. The summed E-state index contributed by atoms with van der Waals surface area (Å²) in [5.41, 5.74) is 7.35. The second-order valence-corrected chi connectivity index (χ2v) is 4.06. The number of carbonyl (C=O) groups excluding carboxylic acids is 2. The normalized spacial score (nSPS) is 14.2. The smallest absolute Gasteiger partial charge is 0.290 e. The van der Waals surface area contributed by atoms with Gasteiger partial charge in [0.05, 0.1) is 17.6 Å². The van der Waals surface area contributed by atoms with E-state index in [1.807, 2.05) is 0 Å². The van der Waals surface area contributed by atoms with Gasteiger partial charge >= 0.3 is 0 Å². The van der Waals surface area contributed by atoms with E-state index in [1.54, 1.807) is 18.2 Å². The quantitative estimate of drug-likeness (QED) is 0.468. The van der Waals surface area contributed by atoms with Crippen LogP contribution in [-0.2, 0) is 9.53 Å². The number of carbonyl (C=O) groups is 2. The number of hydrogen-bond acceptors (Lipinski definition) is 6. The molecule has 19 heavy (non-hydrogen) atoms. The van der Waals surface area contributed by atoms with Crippen molar-refractivity contribution in [3.63, 3.8) is 0 Å². The minimum Gasteiger partial charge on any atom is -0.473 e. The Morgan fingerprint density at radius 2 is 2.16 bits per heavy atom. The van der Waals surface area contributed by atoms with Gasteiger partial charge in [0.25, 0.3) is 17.5 Å². The molecule has 7 nitrogen and oxygen atoms in total. The van der Waals surface area contributed by atoms with Gasteiger partial charge in [0.2, 0.25) is 0 Å². The van der Waals surface area contributed by atoms with E-state index in [9.17, 15) is 9.59 Å². The van der Waals surface area contributed by atoms with Crippen LogP contribution in [0.5, 0.6) is 0 Å². The number of anilines is 1. The Kier molecular flexibility index (Phi) is 2.52. The molecular formula is C12H10N4O3. The number of rotatable bonds is 3. The van der Waals surface area contributed by atoms with E-state index in [0.29, 0.717) is 29.9 Å². The van der Waals surface area contributed by atoms with Gasteiger partial charge in [0.15, 0.2) is 5.82 Å². The van der Waals surface area contributed by atoms with E-state index in [2.05, 4.69) is 15.0 Å². The summed E-state index contributed by atoms with van der Waals surface area (Å²) in [6.45, 7) is 0.718. The van der Waals surface area contributed by atoms with Gasteiger partial charge < -0.3 is 15.5 Å². The zero-order valence-corrected chi connectivity index (χ0v) is 9.84. The zero-order valence-electron chi connectivity index (χ0n) is 9.84. The predicted octanol–water partition coefficient (Wildman–Crippen LogP) is 0.326. The monoisotopic (exact) mass is 258 g/mol. The van der Waals surface area contributed by atoms with Gasteiger partial charge in [-0.25, -0.2) is 9.98 Å². The Hall–Kier alpha value is -2.70. The molecule has 1 aromatic heterocycles. The first-order valence-electron chi connectivity index (χ1n) is 5.66. The lowest BCUT2D eigenvalue weighted by atomic mass is 10.2. The number of aliphatic imine (C=N–C) groups is 1. The predicted molar refractivity (Wildman–Crippen MR) is 68.1 cm³/mol. The summed E-state index contributed by atoms with van der Waals surface area (Å²) in [7, 11) is 0. The molecule has 0 amide bonds. The molecule has 0 radical (unpaired) electrons. The van der Waals surface area contributed by atoms with Crippen LogP contribution in [0.15, 0.2) is 23.2 Å². The Bertz CT molecular complexity index is 717. The molecule has 0 unspecified atom stereocenters. The SMILES string of the molecule is Nc1ccc2nc(C(=O)C(=O)C3=NCCO3)[nH]c2c1. The van der Waals surface area contributed by atoms with Crippen LogP contribution in [0.4, 0.5) is 5.69 Å². The molecule has 1 aliphatic heterocycles. The van der Waals surface area contributed by atoms with Crippen LogP contribution in [0.3, 0.4) is 0 Å². The van der Waals surface area contributed by atoms with Crippen molar-refractivity contribution in [2.24, 2.45) is 4.99 Å². The van der Waals surface area contributed by atoms with Crippen LogP contribution in [0.25, 0.3) is 11.0 Å². The maximum absolute atomic E-state index is 12.0. The van der Waals surface area contributed by atoms with Gasteiger partial charge in [-0.15, -0.1) is 0 Å². The third-order valence-corrected chi connectivity index (χ3v) is 2.71. The molecule has 3 rings (SSSR count).